The lowest BCUT2D eigenvalue weighted by atomic mass is 10.3. The molecule has 0 aromatic heterocycles. The largest absolute Gasteiger partial charge is 0.493 e. The molecule has 0 saturated carbocycles. The summed E-state index contributed by atoms with van der Waals surface area (Å²) in [5, 5.41) is -0.206. The van der Waals surface area contributed by atoms with Crippen LogP contribution in [-0.4, -0.2) is 46.9 Å². The van der Waals surface area contributed by atoms with Crippen molar-refractivity contribution in [2.24, 2.45) is 0 Å². The molecule has 140 valence electrons. The topological polar surface area (TPSA) is 84.9 Å². The molecule has 0 aliphatic carbocycles. The molecule has 0 saturated heterocycles. The number of nitrogens with zero attached hydrogens (tertiary/aromatic N) is 1. The maximum atomic E-state index is 12.7. The van der Waals surface area contributed by atoms with E-state index in [4.69, 9.17) is 9.47 Å². The van der Waals surface area contributed by atoms with Gasteiger partial charge in [0.05, 0.1) is 24.8 Å². The van der Waals surface area contributed by atoms with Gasteiger partial charge in [-0.05, 0) is 36.0 Å². The van der Waals surface area contributed by atoms with Gasteiger partial charge in [0.1, 0.15) is 0 Å². The monoisotopic (exact) mass is 396 g/mol. The van der Waals surface area contributed by atoms with Crippen LogP contribution >= 0.6 is 11.8 Å². The average molecular weight is 396 g/mol. The van der Waals surface area contributed by atoms with Crippen LogP contribution in [0.2, 0.25) is 0 Å². The molecule has 0 fully saturated rings. The van der Waals surface area contributed by atoms with Gasteiger partial charge in [-0.1, -0.05) is 12.1 Å². The van der Waals surface area contributed by atoms with Gasteiger partial charge in [0.15, 0.2) is 11.5 Å². The lowest BCUT2D eigenvalue weighted by Gasteiger charge is -2.15. The van der Waals surface area contributed by atoms with Crippen LogP contribution in [0.15, 0.2) is 52.3 Å². The quantitative estimate of drug-likeness (QED) is 0.755. The smallest absolute Gasteiger partial charge is 0.286 e. The van der Waals surface area contributed by atoms with Gasteiger partial charge in [0.25, 0.3) is 15.3 Å². The van der Waals surface area contributed by atoms with Crippen molar-refractivity contribution in [2.75, 3.05) is 33.0 Å². The van der Waals surface area contributed by atoms with Crippen LogP contribution in [0.3, 0.4) is 0 Å². The number of ether oxygens (including phenoxy) is 2. The minimum absolute atomic E-state index is 0.0221. The second-order valence-corrected chi connectivity index (χ2v) is 8.06. The molecule has 0 spiro atoms. The summed E-state index contributed by atoms with van der Waals surface area (Å²) < 4.78 is 38.3. The molecule has 0 atom stereocenters. The van der Waals surface area contributed by atoms with Crippen molar-refractivity contribution >= 4 is 32.7 Å². The van der Waals surface area contributed by atoms with Crippen molar-refractivity contribution < 1.29 is 22.7 Å². The van der Waals surface area contributed by atoms with E-state index in [1.165, 1.54) is 37.3 Å². The van der Waals surface area contributed by atoms with Gasteiger partial charge >= 0.3 is 0 Å². The number of hydrogen-bond donors (Lipinski definition) is 1. The zero-order chi connectivity index (χ0) is 19.3. The molecule has 9 heteroatoms. The van der Waals surface area contributed by atoms with Crippen LogP contribution in [0.5, 0.6) is 11.5 Å². The molecule has 1 N–H and O–H groups in total. The van der Waals surface area contributed by atoms with E-state index in [0.717, 1.165) is 11.8 Å². The number of methoxy groups -OCH3 is 2. The Hall–Kier alpha value is -2.39. The Morgan fingerprint density at radius 3 is 2.31 bits per heavy atom. The number of hydrogen-bond acceptors (Lipinski definition) is 6. The Labute approximate surface area is 157 Å². The zero-order valence-electron chi connectivity index (χ0n) is 14.8. The number of carbonyl (C=O) groups is 1. The number of anilines is 1. The van der Waals surface area contributed by atoms with Gasteiger partial charge in [0, 0.05) is 25.1 Å². The van der Waals surface area contributed by atoms with Gasteiger partial charge in [-0.2, -0.15) is 0 Å². The normalized spacial score (nSPS) is 10.9. The number of rotatable bonds is 6. The van der Waals surface area contributed by atoms with Crippen LogP contribution in [0.25, 0.3) is 0 Å². The molecule has 26 heavy (non-hydrogen) atoms. The number of amides is 1. The summed E-state index contributed by atoms with van der Waals surface area (Å²) in [6.07, 6.45) is 0. The maximum Gasteiger partial charge on any atom is 0.286 e. The Morgan fingerprint density at radius 1 is 1.04 bits per heavy atom. The van der Waals surface area contributed by atoms with E-state index in [2.05, 4.69) is 4.72 Å². The highest BCUT2D eigenvalue weighted by molar-refractivity contribution is 8.13. The number of thioether (sulfide) groups is 1. The lowest BCUT2D eigenvalue weighted by molar-refractivity contribution is 0.241. The Kier molecular flexibility index (Phi) is 6.38. The number of sulfonamides is 1. The van der Waals surface area contributed by atoms with Crippen LogP contribution in [-0.2, 0) is 10.0 Å². The molecular weight excluding hydrogens is 376 g/mol. The van der Waals surface area contributed by atoms with Gasteiger partial charge < -0.3 is 14.4 Å². The molecule has 0 radical (unpaired) electrons. The number of benzene rings is 2. The van der Waals surface area contributed by atoms with Crippen molar-refractivity contribution in [1.29, 1.82) is 0 Å². The predicted molar refractivity (Wildman–Crippen MR) is 102 cm³/mol. The predicted octanol–water partition coefficient (Wildman–Crippen LogP) is 3.28. The van der Waals surface area contributed by atoms with E-state index < -0.39 is 10.0 Å². The van der Waals surface area contributed by atoms with Gasteiger partial charge in [-0.3, -0.25) is 9.52 Å². The van der Waals surface area contributed by atoms with E-state index in [1.54, 1.807) is 38.4 Å². The molecular formula is C17H20N2O5S2. The summed E-state index contributed by atoms with van der Waals surface area (Å²) in [5.41, 5.74) is 0.322. The van der Waals surface area contributed by atoms with Crippen molar-refractivity contribution in [3.63, 3.8) is 0 Å². The molecule has 7 nitrogen and oxygen atoms in total. The van der Waals surface area contributed by atoms with Crippen LogP contribution in [0.1, 0.15) is 0 Å². The SMILES string of the molecule is COc1ccc(S(=O)(=O)Nc2ccccc2SC(=O)N(C)C)cc1OC. The second kappa shape index (κ2) is 8.33. The Bertz CT molecular complexity index is 898. The fourth-order valence-corrected chi connectivity index (χ4v) is 3.92. The highest BCUT2D eigenvalue weighted by Gasteiger charge is 2.19. The first-order chi connectivity index (χ1) is 12.3. The number of nitrogens with one attached hydrogen (secondary N) is 1. The minimum atomic E-state index is -3.87. The van der Waals surface area contributed by atoms with E-state index in [9.17, 15) is 13.2 Å². The highest BCUT2D eigenvalue weighted by atomic mass is 32.2. The van der Waals surface area contributed by atoms with Crippen LogP contribution < -0.4 is 14.2 Å². The summed E-state index contributed by atoms with van der Waals surface area (Å²) in [6, 6.07) is 11.0. The maximum absolute atomic E-state index is 12.7. The molecule has 0 bridgehead atoms. The fourth-order valence-electron chi connectivity index (χ4n) is 2.01. The van der Waals surface area contributed by atoms with Gasteiger partial charge in [-0.25, -0.2) is 8.42 Å². The molecule has 1 amide bonds. The molecule has 2 aromatic carbocycles. The molecule has 2 aromatic rings. The standard InChI is InChI=1S/C17H20N2O5S2/c1-19(2)17(20)25-16-8-6-5-7-13(16)18-26(21,22)12-9-10-14(23-3)15(11-12)24-4/h5-11,18H,1-4H3. The fraction of sp³-hybridized carbons (Fsp3) is 0.235. The highest BCUT2D eigenvalue weighted by Crippen LogP contribution is 2.33. The summed E-state index contributed by atoms with van der Waals surface area (Å²) >= 11 is 0.943. The first-order valence-electron chi connectivity index (χ1n) is 7.51. The Morgan fingerprint density at radius 2 is 1.69 bits per heavy atom. The zero-order valence-corrected chi connectivity index (χ0v) is 16.5. The first-order valence-corrected chi connectivity index (χ1v) is 9.81. The van der Waals surface area contributed by atoms with Crippen molar-refractivity contribution in [1.82, 2.24) is 4.90 Å². The summed E-state index contributed by atoms with van der Waals surface area (Å²) in [7, 11) is 2.29. The van der Waals surface area contributed by atoms with E-state index in [-0.39, 0.29) is 10.1 Å². The van der Waals surface area contributed by atoms with Crippen molar-refractivity contribution in [2.45, 2.75) is 9.79 Å². The van der Waals surface area contributed by atoms with E-state index in [0.29, 0.717) is 22.1 Å². The molecule has 0 unspecified atom stereocenters. The minimum Gasteiger partial charge on any atom is -0.493 e. The third-order valence-electron chi connectivity index (χ3n) is 3.36. The number of para-hydroxylation sites is 1. The van der Waals surface area contributed by atoms with Gasteiger partial charge in [-0.15, -0.1) is 0 Å². The molecule has 0 heterocycles. The van der Waals surface area contributed by atoms with E-state index >= 15 is 0 Å². The van der Waals surface area contributed by atoms with Crippen molar-refractivity contribution in [3.8, 4) is 11.5 Å². The van der Waals surface area contributed by atoms with E-state index in [1.807, 2.05) is 0 Å². The Balaban J connectivity index is 2.34. The molecule has 0 aliphatic rings. The molecule has 0 aliphatic heterocycles. The first kappa shape index (κ1) is 19.9. The van der Waals surface area contributed by atoms with Crippen LogP contribution in [0, 0.1) is 0 Å². The molecule has 2 rings (SSSR count). The second-order valence-electron chi connectivity index (χ2n) is 5.38. The summed E-state index contributed by atoms with van der Waals surface area (Å²) in [6.45, 7) is 0. The third-order valence-corrected chi connectivity index (χ3v) is 5.84. The third kappa shape index (κ3) is 4.61. The lowest BCUT2D eigenvalue weighted by Crippen LogP contribution is -2.17. The van der Waals surface area contributed by atoms with Gasteiger partial charge in [0.2, 0.25) is 0 Å². The number of carbonyl (C=O) groups excluding carboxylic acids is 1. The summed E-state index contributed by atoms with van der Waals surface area (Å²) in [5.74, 6) is 0.736. The summed E-state index contributed by atoms with van der Waals surface area (Å²) in [4.78, 5) is 13.9. The van der Waals surface area contributed by atoms with Crippen molar-refractivity contribution in [3.05, 3.63) is 42.5 Å². The van der Waals surface area contributed by atoms with Crippen LogP contribution in [0.4, 0.5) is 10.5 Å². The average Bonchev–Trinajstić information content (AvgIpc) is 2.62.